The zero-order valence-electron chi connectivity index (χ0n) is 10.3. The van der Waals surface area contributed by atoms with Crippen LogP contribution in [0.15, 0.2) is 18.2 Å². The SMILES string of the molecule is COCCNC(=O)CNCc1cccc(O)c1O. The average molecular weight is 254 g/mol. The van der Waals surface area contributed by atoms with Crippen LogP contribution in [0.1, 0.15) is 5.56 Å². The fourth-order valence-corrected chi connectivity index (χ4v) is 1.39. The van der Waals surface area contributed by atoms with Crippen molar-refractivity contribution in [1.82, 2.24) is 10.6 Å². The lowest BCUT2D eigenvalue weighted by Crippen LogP contribution is -2.35. The first kappa shape index (κ1) is 14.3. The first-order chi connectivity index (χ1) is 8.65. The van der Waals surface area contributed by atoms with Gasteiger partial charge in [0.15, 0.2) is 11.5 Å². The number of amides is 1. The highest BCUT2D eigenvalue weighted by Gasteiger charge is 2.06. The van der Waals surface area contributed by atoms with E-state index >= 15 is 0 Å². The van der Waals surface area contributed by atoms with Crippen molar-refractivity contribution in [3.63, 3.8) is 0 Å². The van der Waals surface area contributed by atoms with Gasteiger partial charge in [-0.25, -0.2) is 0 Å². The van der Waals surface area contributed by atoms with Gasteiger partial charge >= 0.3 is 0 Å². The van der Waals surface area contributed by atoms with Crippen LogP contribution in [0, 0.1) is 0 Å². The standard InChI is InChI=1S/C12H18N2O4/c1-18-6-5-14-11(16)8-13-7-9-3-2-4-10(15)12(9)17/h2-4,13,15,17H,5-8H2,1H3,(H,14,16). The van der Waals surface area contributed by atoms with E-state index in [1.165, 1.54) is 6.07 Å². The van der Waals surface area contributed by atoms with Gasteiger partial charge in [-0.3, -0.25) is 4.79 Å². The largest absolute Gasteiger partial charge is 0.504 e. The Morgan fingerprint density at radius 1 is 1.39 bits per heavy atom. The molecule has 0 fully saturated rings. The van der Waals surface area contributed by atoms with E-state index in [-0.39, 0.29) is 24.0 Å². The van der Waals surface area contributed by atoms with Crippen molar-refractivity contribution in [2.75, 3.05) is 26.8 Å². The van der Waals surface area contributed by atoms with Crippen LogP contribution >= 0.6 is 0 Å². The van der Waals surface area contributed by atoms with E-state index in [0.717, 1.165) is 0 Å². The van der Waals surface area contributed by atoms with Crippen LogP contribution in [0.5, 0.6) is 11.5 Å². The normalized spacial score (nSPS) is 10.3. The molecule has 0 unspecified atom stereocenters. The van der Waals surface area contributed by atoms with Crippen LogP contribution in [0.25, 0.3) is 0 Å². The summed E-state index contributed by atoms with van der Waals surface area (Å²) in [5, 5.41) is 24.3. The van der Waals surface area contributed by atoms with E-state index in [9.17, 15) is 15.0 Å². The Labute approximate surface area is 106 Å². The average Bonchev–Trinajstić information content (AvgIpc) is 2.35. The molecule has 0 aromatic heterocycles. The van der Waals surface area contributed by atoms with Crippen molar-refractivity contribution in [2.45, 2.75) is 6.54 Å². The zero-order valence-corrected chi connectivity index (χ0v) is 10.3. The summed E-state index contributed by atoms with van der Waals surface area (Å²) in [5.41, 5.74) is 0.541. The molecule has 0 saturated heterocycles. The molecule has 0 radical (unpaired) electrons. The van der Waals surface area contributed by atoms with E-state index in [1.807, 2.05) is 0 Å². The van der Waals surface area contributed by atoms with Crippen molar-refractivity contribution in [3.05, 3.63) is 23.8 Å². The number of ether oxygens (including phenoxy) is 1. The number of hydrogen-bond donors (Lipinski definition) is 4. The summed E-state index contributed by atoms with van der Waals surface area (Å²) >= 11 is 0. The molecule has 1 aromatic rings. The van der Waals surface area contributed by atoms with Gasteiger partial charge < -0.3 is 25.6 Å². The number of phenols is 2. The molecule has 0 bridgehead atoms. The highest BCUT2D eigenvalue weighted by atomic mass is 16.5. The number of carbonyl (C=O) groups is 1. The van der Waals surface area contributed by atoms with Crippen LogP contribution in [-0.4, -0.2) is 42.9 Å². The summed E-state index contributed by atoms with van der Waals surface area (Å²) in [4.78, 5) is 11.3. The molecule has 1 amide bonds. The molecule has 0 aliphatic rings. The lowest BCUT2D eigenvalue weighted by molar-refractivity contribution is -0.120. The zero-order chi connectivity index (χ0) is 13.4. The predicted molar refractivity (Wildman–Crippen MR) is 66.4 cm³/mol. The number of hydrogen-bond acceptors (Lipinski definition) is 5. The molecule has 18 heavy (non-hydrogen) atoms. The van der Waals surface area contributed by atoms with Gasteiger partial charge in [0.25, 0.3) is 0 Å². The molecule has 0 aliphatic carbocycles. The summed E-state index contributed by atoms with van der Waals surface area (Å²) < 4.78 is 4.80. The molecule has 1 rings (SSSR count). The fraction of sp³-hybridized carbons (Fsp3) is 0.417. The molecule has 6 heteroatoms. The van der Waals surface area contributed by atoms with Gasteiger partial charge in [0.2, 0.25) is 5.91 Å². The number of nitrogens with one attached hydrogen (secondary N) is 2. The van der Waals surface area contributed by atoms with Gasteiger partial charge in [0.05, 0.1) is 13.2 Å². The number of para-hydroxylation sites is 1. The number of rotatable bonds is 7. The summed E-state index contributed by atoms with van der Waals surface area (Å²) in [7, 11) is 1.56. The Hall–Kier alpha value is -1.79. The fourth-order valence-electron chi connectivity index (χ4n) is 1.39. The summed E-state index contributed by atoms with van der Waals surface area (Å²) in [6.45, 7) is 1.38. The number of methoxy groups -OCH3 is 1. The molecule has 100 valence electrons. The molecule has 0 spiro atoms. The molecule has 1 aromatic carbocycles. The molecular formula is C12H18N2O4. The monoisotopic (exact) mass is 254 g/mol. The molecule has 0 atom stereocenters. The summed E-state index contributed by atoms with van der Waals surface area (Å²) in [6.07, 6.45) is 0. The third kappa shape index (κ3) is 4.60. The van der Waals surface area contributed by atoms with Crippen LogP contribution in [0.4, 0.5) is 0 Å². The summed E-state index contributed by atoms with van der Waals surface area (Å²) in [5.74, 6) is -0.477. The number of aromatic hydroxyl groups is 2. The first-order valence-electron chi connectivity index (χ1n) is 5.61. The Kier molecular flexibility index (Phi) is 5.96. The molecule has 0 saturated carbocycles. The molecule has 4 N–H and O–H groups in total. The van der Waals surface area contributed by atoms with E-state index < -0.39 is 0 Å². The number of carbonyl (C=O) groups excluding carboxylic acids is 1. The van der Waals surface area contributed by atoms with Gasteiger partial charge in [0, 0.05) is 25.8 Å². The smallest absolute Gasteiger partial charge is 0.234 e. The van der Waals surface area contributed by atoms with Crippen LogP contribution in [0.2, 0.25) is 0 Å². The number of benzene rings is 1. The Balaban J connectivity index is 2.29. The first-order valence-corrected chi connectivity index (χ1v) is 5.61. The minimum Gasteiger partial charge on any atom is -0.504 e. The second-order valence-corrected chi connectivity index (χ2v) is 3.73. The van der Waals surface area contributed by atoms with Crippen LogP contribution in [-0.2, 0) is 16.1 Å². The second-order valence-electron chi connectivity index (χ2n) is 3.73. The highest BCUT2D eigenvalue weighted by Crippen LogP contribution is 2.27. The van der Waals surface area contributed by atoms with Gasteiger partial charge in [-0.1, -0.05) is 12.1 Å². The quantitative estimate of drug-likeness (QED) is 0.404. The Morgan fingerprint density at radius 3 is 2.89 bits per heavy atom. The molecule has 6 nitrogen and oxygen atoms in total. The lowest BCUT2D eigenvalue weighted by Gasteiger charge is -2.08. The van der Waals surface area contributed by atoms with Crippen LogP contribution < -0.4 is 10.6 Å². The van der Waals surface area contributed by atoms with Crippen molar-refractivity contribution < 1.29 is 19.7 Å². The Morgan fingerprint density at radius 2 is 2.17 bits per heavy atom. The maximum atomic E-state index is 11.3. The maximum absolute atomic E-state index is 11.3. The van der Waals surface area contributed by atoms with Crippen molar-refractivity contribution in [2.24, 2.45) is 0 Å². The van der Waals surface area contributed by atoms with E-state index in [4.69, 9.17) is 4.74 Å². The van der Waals surface area contributed by atoms with Gasteiger partial charge in [-0.15, -0.1) is 0 Å². The lowest BCUT2D eigenvalue weighted by atomic mass is 10.2. The topological polar surface area (TPSA) is 90.8 Å². The van der Waals surface area contributed by atoms with E-state index in [1.54, 1.807) is 19.2 Å². The third-order valence-electron chi connectivity index (χ3n) is 2.33. The van der Waals surface area contributed by atoms with Crippen molar-refractivity contribution in [3.8, 4) is 11.5 Å². The van der Waals surface area contributed by atoms with E-state index in [0.29, 0.717) is 25.3 Å². The minimum atomic E-state index is -0.168. The van der Waals surface area contributed by atoms with Gasteiger partial charge in [0.1, 0.15) is 0 Å². The summed E-state index contributed by atoms with van der Waals surface area (Å²) in [6, 6.07) is 4.70. The van der Waals surface area contributed by atoms with Gasteiger partial charge in [-0.2, -0.15) is 0 Å². The highest BCUT2D eigenvalue weighted by molar-refractivity contribution is 5.77. The van der Waals surface area contributed by atoms with E-state index in [2.05, 4.69) is 10.6 Å². The van der Waals surface area contributed by atoms with Crippen molar-refractivity contribution in [1.29, 1.82) is 0 Å². The predicted octanol–water partition coefficient (Wildman–Crippen LogP) is -0.0500. The molecular weight excluding hydrogens is 236 g/mol. The third-order valence-corrected chi connectivity index (χ3v) is 2.33. The number of phenolic OH excluding ortho intramolecular Hbond substituents is 2. The van der Waals surface area contributed by atoms with Crippen molar-refractivity contribution >= 4 is 5.91 Å². The van der Waals surface area contributed by atoms with Gasteiger partial charge in [-0.05, 0) is 6.07 Å². The molecule has 0 heterocycles. The van der Waals surface area contributed by atoms with Crippen LogP contribution in [0.3, 0.4) is 0 Å². The second kappa shape index (κ2) is 7.52. The Bertz CT molecular complexity index is 396. The maximum Gasteiger partial charge on any atom is 0.234 e. The minimum absolute atomic E-state index is 0.138. The molecule has 0 aliphatic heterocycles.